The maximum atomic E-state index is 13.0. The standard InChI is InChI=1S/C11H16F2N2/c1-7(14)5-11(15-2)8-3-4-9(12)10(13)6-8/h3-4,6-7,11,15H,5,14H2,1-2H3. The molecule has 0 radical (unpaired) electrons. The van der Waals surface area contributed by atoms with E-state index in [1.807, 2.05) is 6.92 Å². The minimum absolute atomic E-state index is 0.00978. The van der Waals surface area contributed by atoms with Crippen molar-refractivity contribution >= 4 is 0 Å². The quantitative estimate of drug-likeness (QED) is 0.804. The van der Waals surface area contributed by atoms with E-state index in [0.717, 1.165) is 6.07 Å². The Morgan fingerprint density at radius 2 is 2.00 bits per heavy atom. The van der Waals surface area contributed by atoms with Gasteiger partial charge in [-0.25, -0.2) is 8.78 Å². The Hall–Kier alpha value is -1.00. The van der Waals surface area contributed by atoms with Gasteiger partial charge >= 0.3 is 0 Å². The van der Waals surface area contributed by atoms with Gasteiger partial charge < -0.3 is 11.1 Å². The van der Waals surface area contributed by atoms with Gasteiger partial charge in [0, 0.05) is 12.1 Å². The molecule has 1 aromatic rings. The smallest absolute Gasteiger partial charge is 0.159 e. The fourth-order valence-electron chi connectivity index (χ4n) is 1.52. The minimum Gasteiger partial charge on any atom is -0.328 e. The van der Waals surface area contributed by atoms with Crippen LogP contribution < -0.4 is 11.1 Å². The number of hydrogen-bond donors (Lipinski definition) is 2. The predicted molar refractivity (Wildman–Crippen MR) is 56.4 cm³/mol. The highest BCUT2D eigenvalue weighted by Gasteiger charge is 2.13. The summed E-state index contributed by atoms with van der Waals surface area (Å²) in [4.78, 5) is 0. The fraction of sp³-hybridized carbons (Fsp3) is 0.455. The van der Waals surface area contributed by atoms with Crippen LogP contribution in [0.5, 0.6) is 0 Å². The zero-order valence-corrected chi connectivity index (χ0v) is 8.93. The second-order valence-corrected chi connectivity index (χ2v) is 3.73. The first kappa shape index (κ1) is 12.1. The highest BCUT2D eigenvalue weighted by atomic mass is 19.2. The van der Waals surface area contributed by atoms with Crippen LogP contribution in [-0.4, -0.2) is 13.1 Å². The van der Waals surface area contributed by atoms with Crippen molar-refractivity contribution in [3.63, 3.8) is 0 Å². The zero-order chi connectivity index (χ0) is 11.4. The van der Waals surface area contributed by atoms with E-state index in [2.05, 4.69) is 5.32 Å². The van der Waals surface area contributed by atoms with Crippen molar-refractivity contribution in [1.82, 2.24) is 5.32 Å². The topological polar surface area (TPSA) is 38.0 Å². The lowest BCUT2D eigenvalue weighted by atomic mass is 10.0. The predicted octanol–water partition coefficient (Wildman–Crippen LogP) is 1.96. The Morgan fingerprint density at radius 1 is 1.33 bits per heavy atom. The van der Waals surface area contributed by atoms with Crippen molar-refractivity contribution < 1.29 is 8.78 Å². The highest BCUT2D eigenvalue weighted by molar-refractivity contribution is 5.21. The average Bonchev–Trinajstić information content (AvgIpc) is 2.18. The summed E-state index contributed by atoms with van der Waals surface area (Å²) < 4.78 is 25.7. The lowest BCUT2D eigenvalue weighted by Crippen LogP contribution is -2.25. The SMILES string of the molecule is CNC(CC(C)N)c1ccc(F)c(F)c1. The van der Waals surface area contributed by atoms with Gasteiger partial charge in [-0.05, 0) is 38.1 Å². The van der Waals surface area contributed by atoms with Gasteiger partial charge in [-0.15, -0.1) is 0 Å². The molecule has 2 nitrogen and oxygen atoms in total. The summed E-state index contributed by atoms with van der Waals surface area (Å²) >= 11 is 0. The van der Waals surface area contributed by atoms with E-state index in [9.17, 15) is 8.78 Å². The molecule has 0 aliphatic rings. The molecule has 0 spiro atoms. The molecule has 0 aromatic heterocycles. The Balaban J connectivity index is 2.87. The van der Waals surface area contributed by atoms with Gasteiger partial charge in [0.05, 0.1) is 0 Å². The third kappa shape index (κ3) is 3.25. The molecule has 0 bridgehead atoms. The molecule has 0 saturated carbocycles. The normalized spacial score (nSPS) is 15.0. The summed E-state index contributed by atoms with van der Waals surface area (Å²) in [6, 6.07) is 3.88. The molecule has 0 aliphatic carbocycles. The van der Waals surface area contributed by atoms with E-state index in [-0.39, 0.29) is 12.1 Å². The Bertz CT molecular complexity index is 326. The molecule has 0 aliphatic heterocycles. The fourth-order valence-corrected chi connectivity index (χ4v) is 1.52. The number of hydrogen-bond acceptors (Lipinski definition) is 2. The first-order valence-electron chi connectivity index (χ1n) is 4.92. The molecule has 1 rings (SSSR count). The summed E-state index contributed by atoms with van der Waals surface area (Å²) in [5.41, 5.74) is 6.38. The van der Waals surface area contributed by atoms with Crippen LogP contribution in [0.2, 0.25) is 0 Å². The van der Waals surface area contributed by atoms with Crippen LogP contribution in [0.25, 0.3) is 0 Å². The Kier molecular flexibility index (Phi) is 4.17. The van der Waals surface area contributed by atoms with Gasteiger partial charge in [-0.3, -0.25) is 0 Å². The maximum Gasteiger partial charge on any atom is 0.159 e. The van der Waals surface area contributed by atoms with Gasteiger partial charge in [-0.1, -0.05) is 6.07 Å². The van der Waals surface area contributed by atoms with Crippen LogP contribution in [0.4, 0.5) is 8.78 Å². The van der Waals surface area contributed by atoms with Crippen molar-refractivity contribution in [3.05, 3.63) is 35.4 Å². The van der Waals surface area contributed by atoms with Gasteiger partial charge in [0.1, 0.15) is 0 Å². The molecule has 0 fully saturated rings. The average molecular weight is 214 g/mol. The first-order chi connectivity index (χ1) is 7.04. The second kappa shape index (κ2) is 5.19. The maximum absolute atomic E-state index is 13.0. The number of halogens is 2. The third-order valence-electron chi connectivity index (χ3n) is 2.30. The largest absolute Gasteiger partial charge is 0.328 e. The summed E-state index contributed by atoms with van der Waals surface area (Å²) in [6.07, 6.45) is 0.682. The van der Waals surface area contributed by atoms with Gasteiger partial charge in [0.2, 0.25) is 0 Å². The molecule has 4 heteroatoms. The second-order valence-electron chi connectivity index (χ2n) is 3.73. The molecule has 15 heavy (non-hydrogen) atoms. The van der Waals surface area contributed by atoms with Crippen molar-refractivity contribution in [2.24, 2.45) is 5.73 Å². The molecular weight excluding hydrogens is 198 g/mol. The molecule has 3 N–H and O–H groups in total. The minimum atomic E-state index is -0.825. The Morgan fingerprint density at radius 3 is 2.47 bits per heavy atom. The number of benzene rings is 1. The van der Waals surface area contributed by atoms with Crippen LogP contribution >= 0.6 is 0 Å². The lowest BCUT2D eigenvalue weighted by Gasteiger charge is -2.18. The van der Waals surface area contributed by atoms with Crippen molar-refractivity contribution in [3.8, 4) is 0 Å². The van der Waals surface area contributed by atoms with Crippen LogP contribution in [0.3, 0.4) is 0 Å². The molecule has 0 amide bonds. The van der Waals surface area contributed by atoms with Gasteiger partial charge in [-0.2, -0.15) is 0 Å². The Labute approximate surface area is 88.5 Å². The molecule has 0 saturated heterocycles. The number of nitrogens with two attached hydrogens (primary N) is 1. The highest BCUT2D eigenvalue weighted by Crippen LogP contribution is 2.19. The van der Waals surface area contributed by atoms with Gasteiger partial charge in [0.15, 0.2) is 11.6 Å². The van der Waals surface area contributed by atoms with E-state index in [0.29, 0.717) is 12.0 Å². The van der Waals surface area contributed by atoms with E-state index in [1.54, 1.807) is 13.1 Å². The van der Waals surface area contributed by atoms with Crippen LogP contribution in [0.15, 0.2) is 18.2 Å². The number of rotatable bonds is 4. The summed E-state index contributed by atoms with van der Waals surface area (Å²) in [5.74, 6) is -1.65. The van der Waals surface area contributed by atoms with E-state index in [1.165, 1.54) is 6.07 Å². The van der Waals surface area contributed by atoms with E-state index < -0.39 is 11.6 Å². The van der Waals surface area contributed by atoms with Crippen LogP contribution in [-0.2, 0) is 0 Å². The van der Waals surface area contributed by atoms with Crippen LogP contribution in [0.1, 0.15) is 24.9 Å². The lowest BCUT2D eigenvalue weighted by molar-refractivity contribution is 0.481. The van der Waals surface area contributed by atoms with Crippen molar-refractivity contribution in [1.29, 1.82) is 0 Å². The van der Waals surface area contributed by atoms with Crippen molar-refractivity contribution in [2.75, 3.05) is 7.05 Å². The first-order valence-corrected chi connectivity index (χ1v) is 4.92. The van der Waals surface area contributed by atoms with E-state index >= 15 is 0 Å². The zero-order valence-electron chi connectivity index (χ0n) is 8.93. The molecule has 2 atom stereocenters. The number of nitrogens with one attached hydrogen (secondary N) is 1. The molecule has 2 unspecified atom stereocenters. The monoisotopic (exact) mass is 214 g/mol. The summed E-state index contributed by atoms with van der Waals surface area (Å²) in [7, 11) is 1.77. The van der Waals surface area contributed by atoms with Crippen molar-refractivity contribution in [2.45, 2.75) is 25.4 Å². The van der Waals surface area contributed by atoms with E-state index in [4.69, 9.17) is 5.73 Å². The van der Waals surface area contributed by atoms with Crippen LogP contribution in [0, 0.1) is 11.6 Å². The molecule has 1 aromatic carbocycles. The summed E-state index contributed by atoms with van der Waals surface area (Å²) in [5, 5.41) is 3.03. The molecule has 0 heterocycles. The molecule has 84 valence electrons. The third-order valence-corrected chi connectivity index (χ3v) is 2.30. The molecular formula is C11H16F2N2. The summed E-state index contributed by atoms with van der Waals surface area (Å²) in [6.45, 7) is 1.88. The van der Waals surface area contributed by atoms with Gasteiger partial charge in [0.25, 0.3) is 0 Å².